The highest BCUT2D eigenvalue weighted by Crippen LogP contribution is 2.43. The monoisotopic (exact) mass is 633 g/mol. The predicted molar refractivity (Wildman–Crippen MR) is 143 cm³/mol. The number of rotatable bonds is 6. The summed E-state index contributed by atoms with van der Waals surface area (Å²) in [7, 11) is -3.18. The lowest BCUT2D eigenvalue weighted by atomic mass is 10.1. The molecule has 2 aromatic carbocycles. The minimum absolute atomic E-state index is 0.0294. The molecule has 41 heavy (non-hydrogen) atoms. The molecule has 0 aliphatic rings. The first-order valence-corrected chi connectivity index (χ1v) is 14.7. The van der Waals surface area contributed by atoms with E-state index in [1.807, 2.05) is 0 Å². The summed E-state index contributed by atoms with van der Waals surface area (Å²) in [5.41, 5.74) is -2.20. The molecule has 0 N–H and O–H groups in total. The van der Waals surface area contributed by atoms with Gasteiger partial charge in [0.1, 0.15) is 15.0 Å². The molecule has 0 bridgehead atoms. The van der Waals surface area contributed by atoms with Crippen LogP contribution in [0.15, 0.2) is 64.9 Å². The number of halogens is 7. The van der Waals surface area contributed by atoms with Crippen LogP contribution in [-0.4, -0.2) is 18.2 Å². The van der Waals surface area contributed by atoms with E-state index in [0.717, 1.165) is 42.5 Å². The number of hydrogen-bond donors (Lipinski definition) is 0. The Morgan fingerprint density at radius 3 is 2.27 bits per heavy atom. The van der Waals surface area contributed by atoms with Gasteiger partial charge in [0.15, 0.2) is 5.69 Å². The first-order chi connectivity index (χ1) is 19.1. The Bertz CT molecular complexity index is 1870. The minimum atomic E-state index is -5.00. The molecular weight excluding hydrogens is 615 g/mol. The zero-order chi connectivity index (χ0) is 29.9. The molecule has 0 radical (unpaired) electrons. The molecule has 5 aromatic rings. The van der Waals surface area contributed by atoms with Crippen molar-refractivity contribution in [2.75, 3.05) is 4.31 Å². The average Bonchev–Trinajstić information content (AvgIpc) is 3.60. The fraction of sp³-hybridized carbons (Fsp3) is 0.192. The van der Waals surface area contributed by atoms with E-state index >= 15 is 0 Å². The fourth-order valence-corrected chi connectivity index (χ4v) is 8.66. The van der Waals surface area contributed by atoms with Crippen LogP contribution >= 0.6 is 22.7 Å². The quantitative estimate of drug-likeness (QED) is 0.177. The normalized spacial score (nSPS) is 12.8. The molecule has 0 unspecified atom stereocenters. The second kappa shape index (κ2) is 10.1. The molecule has 5 nitrogen and oxygen atoms in total. The summed E-state index contributed by atoms with van der Waals surface area (Å²) in [5.74, 6) is -1.49. The predicted octanol–water partition coefficient (Wildman–Crippen LogP) is 8.24. The van der Waals surface area contributed by atoms with Crippen molar-refractivity contribution in [3.63, 3.8) is 0 Å². The van der Waals surface area contributed by atoms with Crippen molar-refractivity contribution in [3.8, 4) is 10.6 Å². The number of aromatic nitrogens is 2. The lowest BCUT2D eigenvalue weighted by molar-refractivity contribution is -0.141. The number of alkyl halides is 6. The van der Waals surface area contributed by atoms with E-state index < -0.39 is 46.0 Å². The first-order valence-electron chi connectivity index (χ1n) is 11.7. The fourth-order valence-electron chi connectivity index (χ4n) is 4.26. The summed E-state index contributed by atoms with van der Waals surface area (Å²) in [6, 6.07) is 12.7. The Hall–Kier alpha value is -3.43. The number of thiophene rings is 2. The van der Waals surface area contributed by atoms with Gasteiger partial charge in [-0.15, -0.1) is 22.7 Å². The number of hydrogen-bond acceptors (Lipinski definition) is 5. The van der Waals surface area contributed by atoms with Gasteiger partial charge in [0.05, 0.1) is 22.7 Å². The maximum Gasteiger partial charge on any atom is 0.435 e. The summed E-state index contributed by atoms with van der Waals surface area (Å²) < 4.78 is 124. The van der Waals surface area contributed by atoms with Crippen molar-refractivity contribution >= 4 is 47.8 Å². The number of aryl methyl sites for hydroxylation is 2. The molecule has 0 aliphatic carbocycles. The van der Waals surface area contributed by atoms with Crippen LogP contribution in [0.25, 0.3) is 20.7 Å². The third-order valence-corrected chi connectivity index (χ3v) is 11.0. The largest absolute Gasteiger partial charge is 0.435 e. The van der Waals surface area contributed by atoms with Crippen molar-refractivity contribution in [3.05, 3.63) is 88.9 Å². The molecule has 0 saturated heterocycles. The molecule has 0 fully saturated rings. The maximum atomic E-state index is 14.1. The highest BCUT2D eigenvalue weighted by Gasteiger charge is 2.37. The molecular formula is C26H18F7N3O2S3. The summed E-state index contributed by atoms with van der Waals surface area (Å²) in [6.45, 7) is 1.12. The van der Waals surface area contributed by atoms with Gasteiger partial charge < -0.3 is 0 Å². The lowest BCUT2D eigenvalue weighted by Crippen LogP contribution is -2.30. The molecule has 0 spiro atoms. The van der Waals surface area contributed by atoms with Crippen LogP contribution in [0.5, 0.6) is 0 Å². The van der Waals surface area contributed by atoms with Crippen molar-refractivity contribution < 1.29 is 39.2 Å². The SMILES string of the molecule is Cc1c(N(Cc2ccc(F)c(C(F)(F)F)c2)S(=O)(=O)c2ccc(-c3cc(C(F)(F)F)nn3C)s2)sc2ccccc12. The van der Waals surface area contributed by atoms with Gasteiger partial charge in [-0.2, -0.15) is 31.4 Å². The molecule has 0 atom stereocenters. The van der Waals surface area contributed by atoms with Gasteiger partial charge in [-0.05, 0) is 59.8 Å². The van der Waals surface area contributed by atoms with Crippen LogP contribution in [0.1, 0.15) is 22.4 Å². The maximum absolute atomic E-state index is 14.1. The van der Waals surface area contributed by atoms with Gasteiger partial charge in [0.2, 0.25) is 0 Å². The number of nitrogens with zero attached hydrogens (tertiary/aromatic N) is 3. The summed E-state index contributed by atoms with van der Waals surface area (Å²) in [6.07, 6.45) is -9.71. The summed E-state index contributed by atoms with van der Waals surface area (Å²) in [4.78, 5) is 0.184. The van der Waals surface area contributed by atoms with Gasteiger partial charge in [0, 0.05) is 11.7 Å². The Morgan fingerprint density at radius 2 is 1.63 bits per heavy atom. The third kappa shape index (κ3) is 5.45. The molecule has 3 aromatic heterocycles. The van der Waals surface area contributed by atoms with Crippen molar-refractivity contribution in [1.29, 1.82) is 0 Å². The lowest BCUT2D eigenvalue weighted by Gasteiger charge is -2.24. The van der Waals surface area contributed by atoms with Crippen LogP contribution < -0.4 is 4.31 Å². The van der Waals surface area contributed by atoms with E-state index in [1.54, 1.807) is 31.2 Å². The molecule has 0 amide bonds. The van der Waals surface area contributed by atoms with Gasteiger partial charge >= 0.3 is 12.4 Å². The van der Waals surface area contributed by atoms with E-state index in [0.29, 0.717) is 29.0 Å². The Morgan fingerprint density at radius 1 is 0.927 bits per heavy atom. The smallest absolute Gasteiger partial charge is 0.267 e. The van der Waals surface area contributed by atoms with Crippen molar-refractivity contribution in [2.45, 2.75) is 30.0 Å². The number of anilines is 1. The first kappa shape index (κ1) is 29.1. The number of fused-ring (bicyclic) bond motifs is 1. The summed E-state index contributed by atoms with van der Waals surface area (Å²) >= 11 is 1.81. The topological polar surface area (TPSA) is 55.2 Å². The van der Waals surface area contributed by atoms with Gasteiger partial charge in [-0.1, -0.05) is 24.3 Å². The Balaban J connectivity index is 1.62. The molecule has 5 rings (SSSR count). The highest BCUT2D eigenvalue weighted by atomic mass is 32.2. The zero-order valence-corrected chi connectivity index (χ0v) is 23.5. The Kier molecular flexibility index (Phi) is 7.19. The van der Waals surface area contributed by atoms with Gasteiger partial charge in [-0.3, -0.25) is 8.99 Å². The van der Waals surface area contributed by atoms with Crippen LogP contribution in [0.2, 0.25) is 0 Å². The summed E-state index contributed by atoms with van der Waals surface area (Å²) in [5, 5.41) is 4.43. The standard InChI is InChI=1S/C26H18F7N3O2S3/c1-14-16-5-3-4-6-20(16)40-24(14)36(13-15-7-8-18(27)17(11-15)25(28,29)30)41(37,38)23-10-9-21(39-23)19-12-22(26(31,32)33)34-35(19)2/h3-12H,13H2,1-2H3. The zero-order valence-electron chi connectivity index (χ0n) is 21.0. The van der Waals surface area contributed by atoms with E-state index in [-0.39, 0.29) is 25.3 Å². The number of benzene rings is 2. The van der Waals surface area contributed by atoms with Crippen LogP contribution in [0, 0.1) is 12.7 Å². The molecule has 216 valence electrons. The second-order valence-electron chi connectivity index (χ2n) is 9.01. The highest BCUT2D eigenvalue weighted by molar-refractivity contribution is 7.95. The number of sulfonamides is 1. The second-order valence-corrected chi connectivity index (χ2v) is 13.2. The van der Waals surface area contributed by atoms with Crippen molar-refractivity contribution in [1.82, 2.24) is 9.78 Å². The third-order valence-electron chi connectivity index (χ3n) is 6.26. The van der Waals surface area contributed by atoms with Gasteiger partial charge in [0.25, 0.3) is 10.0 Å². The average molecular weight is 634 g/mol. The van der Waals surface area contributed by atoms with Crippen LogP contribution in [0.4, 0.5) is 35.7 Å². The van der Waals surface area contributed by atoms with E-state index in [4.69, 9.17) is 0 Å². The minimum Gasteiger partial charge on any atom is -0.267 e. The van der Waals surface area contributed by atoms with E-state index in [2.05, 4.69) is 5.10 Å². The molecule has 0 aliphatic heterocycles. The van der Waals surface area contributed by atoms with Crippen molar-refractivity contribution in [2.24, 2.45) is 7.05 Å². The molecule has 3 heterocycles. The molecule has 0 saturated carbocycles. The van der Waals surface area contributed by atoms with Crippen LogP contribution in [0.3, 0.4) is 0 Å². The van der Waals surface area contributed by atoms with Gasteiger partial charge in [-0.25, -0.2) is 12.8 Å². The van der Waals surface area contributed by atoms with E-state index in [1.165, 1.54) is 19.2 Å². The Labute approximate surface area is 237 Å². The van der Waals surface area contributed by atoms with Crippen LogP contribution in [-0.2, 0) is 36.0 Å². The van der Waals surface area contributed by atoms with E-state index in [9.17, 15) is 39.2 Å². The molecule has 15 heteroatoms.